The minimum Gasteiger partial charge on any atom is -0.349 e. The lowest BCUT2D eigenvalue weighted by Gasteiger charge is -2.11. The van der Waals surface area contributed by atoms with Crippen LogP contribution in [0.3, 0.4) is 0 Å². The number of hydrogen-bond donors (Lipinski definition) is 0. The molecule has 1 aliphatic rings. The third kappa shape index (κ3) is 2.21. The largest absolute Gasteiger partial charge is 0.349 e. The number of amides is 1. The van der Waals surface area contributed by atoms with E-state index in [1.807, 2.05) is 14.1 Å². The molecule has 3 heteroatoms. The highest BCUT2D eigenvalue weighted by atomic mass is 16.2. The Balaban J connectivity index is 2.23. The highest BCUT2D eigenvalue weighted by molar-refractivity contribution is 5.76. The van der Waals surface area contributed by atoms with Crippen molar-refractivity contribution in [3.8, 4) is 0 Å². The molecule has 1 fully saturated rings. The monoisotopic (exact) mass is 170 g/mol. The quantitative estimate of drug-likeness (QED) is 0.578. The van der Waals surface area contributed by atoms with Crippen molar-refractivity contribution in [2.45, 2.75) is 32.4 Å². The molecule has 0 aliphatic carbocycles. The molecule has 2 atom stereocenters. The van der Waals surface area contributed by atoms with E-state index in [4.69, 9.17) is 0 Å². The van der Waals surface area contributed by atoms with E-state index in [2.05, 4.69) is 18.7 Å². The van der Waals surface area contributed by atoms with Crippen molar-refractivity contribution in [1.82, 2.24) is 9.80 Å². The second-order valence-corrected chi connectivity index (χ2v) is 3.94. The molecule has 0 aromatic carbocycles. The summed E-state index contributed by atoms with van der Waals surface area (Å²) in [5, 5.41) is 0. The van der Waals surface area contributed by atoms with Gasteiger partial charge in [-0.15, -0.1) is 0 Å². The van der Waals surface area contributed by atoms with Gasteiger partial charge in [0.15, 0.2) is 0 Å². The molecule has 2 unspecified atom stereocenters. The zero-order valence-corrected chi connectivity index (χ0v) is 8.37. The number of nitrogens with zero attached hydrogens (tertiary/aromatic N) is 2. The molecule has 0 N–H and O–H groups in total. The normalized spacial score (nSPS) is 27.4. The Hall–Kier alpha value is -0.570. The second-order valence-electron chi connectivity index (χ2n) is 3.94. The van der Waals surface area contributed by atoms with E-state index in [9.17, 15) is 4.79 Å². The zero-order valence-electron chi connectivity index (χ0n) is 8.37. The van der Waals surface area contributed by atoms with Gasteiger partial charge in [0.25, 0.3) is 0 Å². The van der Waals surface area contributed by atoms with Crippen LogP contribution in [-0.2, 0) is 4.79 Å². The van der Waals surface area contributed by atoms with Crippen LogP contribution in [0.25, 0.3) is 0 Å². The van der Waals surface area contributed by atoms with Gasteiger partial charge in [-0.1, -0.05) is 0 Å². The molecule has 1 rings (SSSR count). The molecule has 0 aromatic rings. The summed E-state index contributed by atoms with van der Waals surface area (Å²) < 4.78 is 0. The molecule has 0 bridgehead atoms. The standard InChI is InChI=1S/C9H18N2O/c1-7(2)11-6-8(11)5-9(12)10(3)4/h7-8H,5-6H2,1-4H3. The van der Waals surface area contributed by atoms with Gasteiger partial charge in [-0.05, 0) is 13.8 Å². The number of hydrogen-bond acceptors (Lipinski definition) is 2. The fourth-order valence-corrected chi connectivity index (χ4v) is 1.39. The van der Waals surface area contributed by atoms with Crippen molar-refractivity contribution in [2.75, 3.05) is 20.6 Å². The van der Waals surface area contributed by atoms with E-state index < -0.39 is 0 Å². The number of rotatable bonds is 3. The summed E-state index contributed by atoms with van der Waals surface area (Å²) in [6.07, 6.45) is 0.686. The van der Waals surface area contributed by atoms with Crippen LogP contribution in [0.1, 0.15) is 20.3 Å². The predicted molar refractivity (Wildman–Crippen MR) is 48.9 cm³/mol. The molecule has 1 heterocycles. The first-order valence-electron chi connectivity index (χ1n) is 4.48. The maximum Gasteiger partial charge on any atom is 0.223 e. The molecular formula is C9H18N2O. The van der Waals surface area contributed by atoms with E-state index in [0.717, 1.165) is 6.54 Å². The van der Waals surface area contributed by atoms with Crippen LogP contribution in [0, 0.1) is 0 Å². The maximum atomic E-state index is 11.3. The van der Waals surface area contributed by atoms with Crippen molar-refractivity contribution in [3.05, 3.63) is 0 Å². The molecule has 0 radical (unpaired) electrons. The average Bonchev–Trinajstić information content (AvgIpc) is 2.67. The minimum atomic E-state index is 0.239. The lowest BCUT2D eigenvalue weighted by atomic mass is 10.3. The zero-order chi connectivity index (χ0) is 9.30. The molecule has 70 valence electrons. The Morgan fingerprint density at radius 2 is 2.17 bits per heavy atom. The van der Waals surface area contributed by atoms with Gasteiger partial charge in [-0.25, -0.2) is 0 Å². The van der Waals surface area contributed by atoms with Gasteiger partial charge >= 0.3 is 0 Å². The summed E-state index contributed by atoms with van der Waals surface area (Å²) in [4.78, 5) is 15.3. The summed E-state index contributed by atoms with van der Waals surface area (Å²) in [7, 11) is 3.62. The first-order chi connectivity index (χ1) is 5.52. The third-order valence-electron chi connectivity index (χ3n) is 2.33. The van der Waals surface area contributed by atoms with Crippen LogP contribution >= 0.6 is 0 Å². The number of carbonyl (C=O) groups is 1. The number of carbonyl (C=O) groups excluding carboxylic acids is 1. The molecule has 3 nitrogen and oxygen atoms in total. The van der Waals surface area contributed by atoms with Gasteiger partial charge in [0, 0.05) is 39.1 Å². The van der Waals surface area contributed by atoms with Gasteiger partial charge < -0.3 is 4.90 Å². The van der Waals surface area contributed by atoms with Gasteiger partial charge in [0.05, 0.1) is 0 Å². The van der Waals surface area contributed by atoms with Crippen LogP contribution in [0.4, 0.5) is 0 Å². The Labute approximate surface area is 74.3 Å². The topological polar surface area (TPSA) is 23.3 Å². The molecular weight excluding hydrogens is 152 g/mol. The van der Waals surface area contributed by atoms with Crippen LogP contribution in [0.2, 0.25) is 0 Å². The van der Waals surface area contributed by atoms with Crippen molar-refractivity contribution in [3.63, 3.8) is 0 Å². The first-order valence-corrected chi connectivity index (χ1v) is 4.48. The van der Waals surface area contributed by atoms with Crippen molar-refractivity contribution >= 4 is 5.91 Å². The molecule has 0 aromatic heterocycles. The highest BCUT2D eigenvalue weighted by Gasteiger charge is 2.37. The maximum absolute atomic E-state index is 11.3. The fourth-order valence-electron chi connectivity index (χ4n) is 1.39. The van der Waals surface area contributed by atoms with Crippen LogP contribution < -0.4 is 0 Å². The Morgan fingerprint density at radius 1 is 1.58 bits per heavy atom. The average molecular weight is 170 g/mol. The lowest BCUT2D eigenvalue weighted by Crippen LogP contribution is -2.24. The van der Waals surface area contributed by atoms with E-state index >= 15 is 0 Å². The molecule has 12 heavy (non-hydrogen) atoms. The van der Waals surface area contributed by atoms with E-state index in [-0.39, 0.29) is 5.91 Å². The summed E-state index contributed by atoms with van der Waals surface area (Å²) in [5.41, 5.74) is 0. The van der Waals surface area contributed by atoms with Gasteiger partial charge in [-0.3, -0.25) is 9.69 Å². The summed E-state index contributed by atoms with van der Waals surface area (Å²) in [5.74, 6) is 0.239. The summed E-state index contributed by atoms with van der Waals surface area (Å²) in [6, 6.07) is 1.10. The van der Waals surface area contributed by atoms with Crippen molar-refractivity contribution in [2.24, 2.45) is 0 Å². The SMILES string of the molecule is CC(C)N1CC1CC(=O)N(C)C. The second kappa shape index (κ2) is 3.44. The summed E-state index contributed by atoms with van der Waals surface area (Å²) >= 11 is 0. The van der Waals surface area contributed by atoms with E-state index in [1.54, 1.807) is 4.90 Å². The molecule has 1 amide bonds. The van der Waals surface area contributed by atoms with E-state index in [0.29, 0.717) is 18.5 Å². The summed E-state index contributed by atoms with van der Waals surface area (Å²) in [6.45, 7) is 5.43. The van der Waals surface area contributed by atoms with Crippen LogP contribution in [0.5, 0.6) is 0 Å². The lowest BCUT2D eigenvalue weighted by molar-refractivity contribution is -0.128. The Kier molecular flexibility index (Phi) is 2.73. The van der Waals surface area contributed by atoms with E-state index in [1.165, 1.54) is 0 Å². The van der Waals surface area contributed by atoms with Crippen LogP contribution in [-0.4, -0.2) is 48.4 Å². The van der Waals surface area contributed by atoms with Gasteiger partial charge in [0.2, 0.25) is 5.91 Å². The molecule has 0 spiro atoms. The molecule has 0 saturated carbocycles. The highest BCUT2D eigenvalue weighted by Crippen LogP contribution is 2.24. The minimum absolute atomic E-state index is 0.239. The first kappa shape index (κ1) is 9.52. The third-order valence-corrected chi connectivity index (χ3v) is 2.33. The fraction of sp³-hybridized carbons (Fsp3) is 0.889. The Morgan fingerprint density at radius 3 is 2.50 bits per heavy atom. The van der Waals surface area contributed by atoms with Crippen molar-refractivity contribution in [1.29, 1.82) is 0 Å². The van der Waals surface area contributed by atoms with Gasteiger partial charge in [-0.2, -0.15) is 0 Å². The Bertz CT molecular complexity index is 177. The van der Waals surface area contributed by atoms with Crippen LogP contribution in [0.15, 0.2) is 0 Å². The van der Waals surface area contributed by atoms with Crippen molar-refractivity contribution < 1.29 is 4.79 Å². The molecule has 1 aliphatic heterocycles. The predicted octanol–water partition coefficient (Wildman–Crippen LogP) is 0.557. The smallest absolute Gasteiger partial charge is 0.223 e. The van der Waals surface area contributed by atoms with Gasteiger partial charge in [0.1, 0.15) is 0 Å². The molecule has 1 saturated heterocycles.